The smallest absolute Gasteiger partial charge is 0.336 e. The molecule has 0 spiro atoms. The molecule has 0 fully saturated rings. The Bertz CT molecular complexity index is 632. The zero-order valence-electron chi connectivity index (χ0n) is 26.8. The summed E-state index contributed by atoms with van der Waals surface area (Å²) in [4.78, 5) is 23.7. The highest BCUT2D eigenvalue weighted by Gasteiger charge is 2.11. The highest BCUT2D eigenvalue weighted by Crippen LogP contribution is 2.09. The molecule has 0 aromatic heterocycles. The van der Waals surface area contributed by atoms with E-state index in [0.29, 0.717) is 98.9 Å². The second-order valence-electron chi connectivity index (χ2n) is 9.55. The van der Waals surface area contributed by atoms with Gasteiger partial charge in [0.15, 0.2) is 0 Å². The maximum Gasteiger partial charge on any atom is 0.336 e. The maximum atomic E-state index is 11.9. The van der Waals surface area contributed by atoms with Crippen LogP contribution >= 0.6 is 0 Å². The van der Waals surface area contributed by atoms with E-state index in [4.69, 9.17) is 47.4 Å². The Balaban J connectivity index is 3.31. The molecule has 0 N–H and O–H groups in total. The van der Waals surface area contributed by atoms with Gasteiger partial charge in [-0.3, -0.25) is 4.79 Å². The van der Waals surface area contributed by atoms with Crippen LogP contribution in [0.1, 0.15) is 58.3 Å². The van der Waals surface area contributed by atoms with Crippen molar-refractivity contribution in [3.8, 4) is 0 Å². The Hall–Kier alpha value is -1.64. The molecule has 12 heteroatoms. The topological polar surface area (TPSA) is 126 Å². The highest BCUT2D eigenvalue weighted by molar-refractivity contribution is 5.88. The van der Waals surface area contributed by atoms with Gasteiger partial charge in [0.05, 0.1) is 105 Å². The molecule has 0 aliphatic carbocycles. The minimum atomic E-state index is -0.599. The van der Waals surface area contributed by atoms with Crippen LogP contribution in [0.4, 0.5) is 0 Å². The van der Waals surface area contributed by atoms with Gasteiger partial charge < -0.3 is 47.4 Å². The number of hydrogen-bond donors (Lipinski definition) is 0. The average molecular weight is 623 g/mol. The van der Waals surface area contributed by atoms with Crippen LogP contribution in [0.2, 0.25) is 0 Å². The van der Waals surface area contributed by atoms with Crippen LogP contribution in [0.3, 0.4) is 0 Å². The zero-order chi connectivity index (χ0) is 31.5. The fourth-order valence-electron chi connectivity index (χ4n) is 3.38. The van der Waals surface area contributed by atoms with Crippen molar-refractivity contribution < 1.29 is 57.0 Å². The molecule has 0 aliphatic rings. The van der Waals surface area contributed by atoms with E-state index in [9.17, 15) is 9.59 Å². The first-order valence-corrected chi connectivity index (χ1v) is 15.6. The summed E-state index contributed by atoms with van der Waals surface area (Å²) in [5.74, 6) is -0.918. The standard InChI is InChI=1S/C31H58O12/c1-4-5-6-7-8-9-10-11-30(32)43-28-29(2)31(33)42-27-26-41-25-24-40-23-22-39-21-20-38-19-18-37-17-16-36-15-14-35-13-12-34-3/h2,4-28H2,1,3H3. The molecule has 0 bridgehead atoms. The largest absolute Gasteiger partial charge is 0.461 e. The Morgan fingerprint density at radius 2 is 0.860 bits per heavy atom. The third-order valence-corrected chi connectivity index (χ3v) is 5.81. The van der Waals surface area contributed by atoms with Crippen molar-refractivity contribution >= 4 is 11.9 Å². The van der Waals surface area contributed by atoms with E-state index >= 15 is 0 Å². The van der Waals surface area contributed by atoms with Crippen molar-refractivity contribution in [2.45, 2.75) is 58.3 Å². The van der Waals surface area contributed by atoms with Crippen LogP contribution < -0.4 is 0 Å². The maximum absolute atomic E-state index is 11.9. The van der Waals surface area contributed by atoms with E-state index in [1.807, 2.05) is 0 Å². The molecule has 254 valence electrons. The molecule has 0 rings (SSSR count). The summed E-state index contributed by atoms with van der Waals surface area (Å²) >= 11 is 0. The fourth-order valence-corrected chi connectivity index (χ4v) is 3.38. The molecular weight excluding hydrogens is 564 g/mol. The molecule has 0 amide bonds. The summed E-state index contributed by atoms with van der Waals surface area (Å²) < 4.78 is 52.9. The van der Waals surface area contributed by atoms with Crippen LogP contribution in [0, 0.1) is 0 Å². The third kappa shape index (κ3) is 33.1. The highest BCUT2D eigenvalue weighted by atomic mass is 16.6. The molecule has 0 aliphatic heterocycles. The van der Waals surface area contributed by atoms with E-state index < -0.39 is 5.97 Å². The van der Waals surface area contributed by atoms with E-state index in [2.05, 4.69) is 13.5 Å². The van der Waals surface area contributed by atoms with Gasteiger partial charge in [-0.05, 0) is 6.42 Å². The number of methoxy groups -OCH3 is 1. The first-order valence-electron chi connectivity index (χ1n) is 15.6. The molecule has 0 saturated heterocycles. The fraction of sp³-hybridized carbons (Fsp3) is 0.871. The van der Waals surface area contributed by atoms with Crippen LogP contribution in [0.25, 0.3) is 0 Å². The molecule has 0 heterocycles. The predicted octanol–water partition coefficient (Wildman–Crippen LogP) is 3.53. The van der Waals surface area contributed by atoms with Crippen molar-refractivity contribution in [2.75, 3.05) is 119 Å². The number of ether oxygens (including phenoxy) is 10. The summed E-state index contributed by atoms with van der Waals surface area (Å²) in [6.07, 6.45) is 8.24. The molecule has 0 atom stereocenters. The lowest BCUT2D eigenvalue weighted by atomic mass is 10.1. The van der Waals surface area contributed by atoms with Gasteiger partial charge >= 0.3 is 11.9 Å². The lowest BCUT2D eigenvalue weighted by Crippen LogP contribution is -2.18. The molecule has 43 heavy (non-hydrogen) atoms. The summed E-state index contributed by atoms with van der Waals surface area (Å²) in [6, 6.07) is 0. The van der Waals surface area contributed by atoms with Crippen molar-refractivity contribution in [3.63, 3.8) is 0 Å². The number of carbonyl (C=O) groups is 2. The van der Waals surface area contributed by atoms with E-state index in [1.165, 1.54) is 25.7 Å². The van der Waals surface area contributed by atoms with E-state index in [1.54, 1.807) is 7.11 Å². The average Bonchev–Trinajstić information content (AvgIpc) is 3.01. The molecule has 0 saturated carbocycles. The van der Waals surface area contributed by atoms with Crippen molar-refractivity contribution in [3.05, 3.63) is 12.2 Å². The number of carbonyl (C=O) groups excluding carboxylic acids is 2. The monoisotopic (exact) mass is 622 g/mol. The molecule has 0 aromatic carbocycles. The number of unbranched alkanes of at least 4 members (excludes halogenated alkanes) is 6. The van der Waals surface area contributed by atoms with Crippen LogP contribution in [0.15, 0.2) is 12.2 Å². The second kappa shape index (κ2) is 34.8. The second-order valence-corrected chi connectivity index (χ2v) is 9.55. The van der Waals surface area contributed by atoms with Gasteiger partial charge in [0, 0.05) is 13.5 Å². The Morgan fingerprint density at radius 3 is 1.28 bits per heavy atom. The molecule has 0 aromatic rings. The van der Waals surface area contributed by atoms with Crippen molar-refractivity contribution in [1.82, 2.24) is 0 Å². The SMILES string of the molecule is C=C(COC(=O)CCCCCCCCC)C(=O)OCCOCCOCCOCCOCCOCCOCCOCCOC. The van der Waals surface area contributed by atoms with Crippen LogP contribution in [0.5, 0.6) is 0 Å². The van der Waals surface area contributed by atoms with Gasteiger partial charge in [-0.15, -0.1) is 0 Å². The molecule has 0 radical (unpaired) electrons. The zero-order valence-corrected chi connectivity index (χ0v) is 26.8. The third-order valence-electron chi connectivity index (χ3n) is 5.81. The van der Waals surface area contributed by atoms with Crippen molar-refractivity contribution in [1.29, 1.82) is 0 Å². The van der Waals surface area contributed by atoms with Crippen LogP contribution in [-0.2, 0) is 57.0 Å². The normalized spacial score (nSPS) is 11.1. The quantitative estimate of drug-likeness (QED) is 0.0583. The molecular formula is C31H58O12. The van der Waals surface area contributed by atoms with Crippen LogP contribution in [-0.4, -0.2) is 131 Å². The summed E-state index contributed by atoms with van der Waals surface area (Å²) in [5.41, 5.74) is 0.104. The Labute approximate surface area is 258 Å². The van der Waals surface area contributed by atoms with Gasteiger partial charge in [-0.25, -0.2) is 4.79 Å². The van der Waals surface area contributed by atoms with Gasteiger partial charge in [0.2, 0.25) is 0 Å². The van der Waals surface area contributed by atoms with E-state index in [0.717, 1.165) is 19.3 Å². The summed E-state index contributed by atoms with van der Waals surface area (Å²) in [6.45, 7) is 12.8. The summed E-state index contributed by atoms with van der Waals surface area (Å²) in [7, 11) is 1.64. The minimum Gasteiger partial charge on any atom is -0.461 e. The lowest BCUT2D eigenvalue weighted by molar-refractivity contribution is -0.145. The Morgan fingerprint density at radius 1 is 0.488 bits per heavy atom. The van der Waals surface area contributed by atoms with Crippen molar-refractivity contribution in [2.24, 2.45) is 0 Å². The first-order chi connectivity index (χ1) is 21.1. The van der Waals surface area contributed by atoms with Gasteiger partial charge in [0.1, 0.15) is 13.2 Å². The molecule has 0 unspecified atom stereocenters. The first kappa shape index (κ1) is 41.4. The van der Waals surface area contributed by atoms with Gasteiger partial charge in [-0.2, -0.15) is 0 Å². The van der Waals surface area contributed by atoms with E-state index in [-0.39, 0.29) is 31.4 Å². The number of hydrogen-bond acceptors (Lipinski definition) is 12. The predicted molar refractivity (Wildman–Crippen MR) is 161 cm³/mol. The van der Waals surface area contributed by atoms with Gasteiger partial charge in [-0.1, -0.05) is 52.0 Å². The number of rotatable bonds is 35. The lowest BCUT2D eigenvalue weighted by Gasteiger charge is -2.09. The van der Waals surface area contributed by atoms with Gasteiger partial charge in [0.25, 0.3) is 0 Å². The summed E-state index contributed by atoms with van der Waals surface area (Å²) in [5, 5.41) is 0. The molecule has 12 nitrogen and oxygen atoms in total. The minimum absolute atomic E-state index is 0.0802. The Kier molecular flexibility index (Phi) is 33.5. The number of esters is 2.